The first-order valence-corrected chi connectivity index (χ1v) is 11.1. The van der Waals surface area contributed by atoms with E-state index >= 15 is 0 Å². The Morgan fingerprint density at radius 3 is 2.75 bits per heavy atom. The van der Waals surface area contributed by atoms with E-state index in [0.717, 1.165) is 30.9 Å². The van der Waals surface area contributed by atoms with Crippen molar-refractivity contribution < 1.29 is 4.74 Å². The fourth-order valence-corrected chi connectivity index (χ4v) is 5.38. The zero-order valence-electron chi connectivity index (χ0n) is 17.5. The lowest BCUT2D eigenvalue weighted by atomic mass is 9.79. The zero-order valence-corrected chi connectivity index (χ0v) is 17.5. The Kier molecular flexibility index (Phi) is 5.78. The van der Waals surface area contributed by atoms with E-state index in [1.807, 2.05) is 0 Å². The third-order valence-electron chi connectivity index (χ3n) is 7.39. The lowest BCUT2D eigenvalue weighted by molar-refractivity contribution is 0.398. The Hall–Kier alpha value is -1.80. The number of para-hydroxylation sites is 1. The van der Waals surface area contributed by atoms with Crippen LogP contribution in [0.15, 0.2) is 42.5 Å². The Morgan fingerprint density at radius 2 is 1.96 bits per heavy atom. The van der Waals surface area contributed by atoms with Crippen LogP contribution in [0.5, 0.6) is 5.75 Å². The highest BCUT2D eigenvalue weighted by Crippen LogP contribution is 2.42. The molecular formula is C26H35NO. The molecule has 0 aliphatic heterocycles. The summed E-state index contributed by atoms with van der Waals surface area (Å²) in [5.41, 5.74) is 12.7. The molecule has 2 aromatic carbocycles. The number of methoxy groups -OCH3 is 1. The molecule has 4 rings (SSSR count). The quantitative estimate of drug-likeness (QED) is 0.689. The average Bonchev–Trinajstić information content (AvgIpc) is 3.14. The highest BCUT2D eigenvalue weighted by molar-refractivity contribution is 5.37. The fraction of sp³-hybridized carbons (Fsp3) is 0.538. The van der Waals surface area contributed by atoms with Gasteiger partial charge in [0.25, 0.3) is 0 Å². The topological polar surface area (TPSA) is 35.2 Å². The number of aryl methyl sites for hydroxylation is 2. The van der Waals surface area contributed by atoms with Gasteiger partial charge in [-0.1, -0.05) is 43.3 Å². The van der Waals surface area contributed by atoms with Gasteiger partial charge >= 0.3 is 0 Å². The van der Waals surface area contributed by atoms with Gasteiger partial charge < -0.3 is 10.5 Å². The number of rotatable bonds is 6. The van der Waals surface area contributed by atoms with Crippen LogP contribution in [0.3, 0.4) is 0 Å². The van der Waals surface area contributed by atoms with Gasteiger partial charge in [-0.25, -0.2) is 0 Å². The van der Waals surface area contributed by atoms with Gasteiger partial charge in [-0.2, -0.15) is 0 Å². The number of benzene rings is 2. The van der Waals surface area contributed by atoms with E-state index in [1.54, 1.807) is 18.2 Å². The SMILES string of the molecule is CC[C@@]1(N)CC[C@H](c2ccc3c(c2)CC[C@H](CCc2ccccc2OC)C3)C1. The van der Waals surface area contributed by atoms with Crippen molar-refractivity contribution in [2.24, 2.45) is 11.7 Å². The summed E-state index contributed by atoms with van der Waals surface area (Å²) in [4.78, 5) is 0. The maximum absolute atomic E-state index is 6.54. The first-order chi connectivity index (χ1) is 13.6. The Balaban J connectivity index is 1.38. The second kappa shape index (κ2) is 8.29. The van der Waals surface area contributed by atoms with E-state index in [1.165, 1.54) is 49.7 Å². The van der Waals surface area contributed by atoms with Gasteiger partial charge in [0.15, 0.2) is 0 Å². The van der Waals surface area contributed by atoms with Crippen molar-refractivity contribution in [3.05, 3.63) is 64.7 Å². The molecule has 3 atom stereocenters. The van der Waals surface area contributed by atoms with Crippen molar-refractivity contribution in [1.82, 2.24) is 0 Å². The first kappa shape index (κ1) is 19.5. The average molecular weight is 378 g/mol. The predicted molar refractivity (Wildman–Crippen MR) is 117 cm³/mol. The Morgan fingerprint density at radius 1 is 1.11 bits per heavy atom. The van der Waals surface area contributed by atoms with E-state index in [2.05, 4.69) is 49.4 Å². The number of fused-ring (bicyclic) bond motifs is 1. The molecule has 2 N–H and O–H groups in total. The smallest absolute Gasteiger partial charge is 0.122 e. The van der Waals surface area contributed by atoms with Crippen LogP contribution in [0.4, 0.5) is 0 Å². The second-order valence-corrected chi connectivity index (χ2v) is 9.14. The van der Waals surface area contributed by atoms with Crippen LogP contribution < -0.4 is 10.5 Å². The summed E-state index contributed by atoms with van der Waals surface area (Å²) in [5, 5.41) is 0. The molecule has 2 aliphatic rings. The summed E-state index contributed by atoms with van der Waals surface area (Å²) in [6.45, 7) is 2.24. The van der Waals surface area contributed by atoms with Gasteiger partial charge in [-0.15, -0.1) is 0 Å². The largest absolute Gasteiger partial charge is 0.496 e. The number of ether oxygens (including phenoxy) is 1. The second-order valence-electron chi connectivity index (χ2n) is 9.14. The monoisotopic (exact) mass is 377 g/mol. The molecule has 0 heterocycles. The molecule has 0 bridgehead atoms. The number of nitrogens with two attached hydrogens (primary N) is 1. The molecule has 2 aromatic rings. The molecule has 0 spiro atoms. The molecule has 2 heteroatoms. The normalized spacial score (nSPS) is 26.8. The highest BCUT2D eigenvalue weighted by Gasteiger charge is 2.35. The lowest BCUT2D eigenvalue weighted by Crippen LogP contribution is -2.35. The fourth-order valence-electron chi connectivity index (χ4n) is 5.38. The van der Waals surface area contributed by atoms with Crippen LogP contribution in [-0.2, 0) is 19.3 Å². The van der Waals surface area contributed by atoms with Gasteiger partial charge in [0.05, 0.1) is 7.11 Å². The first-order valence-electron chi connectivity index (χ1n) is 11.1. The Bertz CT molecular complexity index is 814. The Labute approximate surface area is 170 Å². The third kappa shape index (κ3) is 4.12. The van der Waals surface area contributed by atoms with Crippen LogP contribution in [-0.4, -0.2) is 12.6 Å². The van der Waals surface area contributed by atoms with Crippen molar-refractivity contribution in [3.63, 3.8) is 0 Å². The molecule has 0 saturated heterocycles. The molecular weight excluding hydrogens is 342 g/mol. The van der Waals surface area contributed by atoms with Gasteiger partial charge in [0.1, 0.15) is 5.75 Å². The van der Waals surface area contributed by atoms with E-state index < -0.39 is 0 Å². The van der Waals surface area contributed by atoms with Crippen LogP contribution in [0.1, 0.15) is 73.6 Å². The van der Waals surface area contributed by atoms with Gasteiger partial charge in [-0.3, -0.25) is 0 Å². The summed E-state index contributed by atoms with van der Waals surface area (Å²) in [5.74, 6) is 2.48. The van der Waals surface area contributed by atoms with E-state index in [-0.39, 0.29) is 5.54 Å². The number of hydrogen-bond donors (Lipinski definition) is 1. The molecule has 0 amide bonds. The predicted octanol–water partition coefficient (Wildman–Crippen LogP) is 5.81. The molecule has 2 aliphatic carbocycles. The molecule has 0 radical (unpaired) electrons. The van der Waals surface area contributed by atoms with Gasteiger partial charge in [0.2, 0.25) is 0 Å². The molecule has 0 unspecified atom stereocenters. The van der Waals surface area contributed by atoms with Crippen molar-refractivity contribution in [1.29, 1.82) is 0 Å². The molecule has 1 fully saturated rings. The summed E-state index contributed by atoms with van der Waals surface area (Å²) in [6, 6.07) is 15.8. The van der Waals surface area contributed by atoms with Crippen molar-refractivity contribution >= 4 is 0 Å². The van der Waals surface area contributed by atoms with Crippen LogP contribution in [0.2, 0.25) is 0 Å². The third-order valence-corrected chi connectivity index (χ3v) is 7.39. The molecule has 150 valence electrons. The maximum atomic E-state index is 6.54. The number of hydrogen-bond acceptors (Lipinski definition) is 2. The summed E-state index contributed by atoms with van der Waals surface area (Å²) in [7, 11) is 1.77. The summed E-state index contributed by atoms with van der Waals surface area (Å²) in [6.07, 6.45) is 10.8. The zero-order chi connectivity index (χ0) is 19.6. The minimum Gasteiger partial charge on any atom is -0.496 e. The van der Waals surface area contributed by atoms with Crippen LogP contribution in [0, 0.1) is 5.92 Å². The molecule has 0 aromatic heterocycles. The van der Waals surface area contributed by atoms with E-state index in [9.17, 15) is 0 Å². The van der Waals surface area contributed by atoms with Gasteiger partial charge in [-0.05, 0) is 97.9 Å². The molecule has 28 heavy (non-hydrogen) atoms. The van der Waals surface area contributed by atoms with Crippen molar-refractivity contribution in [2.45, 2.75) is 76.2 Å². The minimum absolute atomic E-state index is 0.0736. The summed E-state index contributed by atoms with van der Waals surface area (Å²) < 4.78 is 5.52. The van der Waals surface area contributed by atoms with E-state index in [4.69, 9.17) is 10.5 Å². The minimum atomic E-state index is 0.0736. The molecule has 1 saturated carbocycles. The van der Waals surface area contributed by atoms with E-state index in [0.29, 0.717) is 5.92 Å². The lowest BCUT2D eigenvalue weighted by Gasteiger charge is -2.26. The van der Waals surface area contributed by atoms with Crippen LogP contribution in [0.25, 0.3) is 0 Å². The summed E-state index contributed by atoms with van der Waals surface area (Å²) >= 11 is 0. The standard InChI is InChI=1S/C26H35NO/c1-3-26(27)15-14-24(18-26)23-13-12-21-16-19(9-11-22(21)17-23)8-10-20-6-4-5-7-25(20)28-2/h4-7,12-13,17,19,24H,3,8-11,14-16,18,27H2,1-2H3/t19-,24-,26+/m0/s1. The van der Waals surface area contributed by atoms with Crippen LogP contribution >= 0.6 is 0 Å². The van der Waals surface area contributed by atoms with Crippen molar-refractivity contribution in [3.8, 4) is 5.75 Å². The maximum Gasteiger partial charge on any atom is 0.122 e. The highest BCUT2D eigenvalue weighted by atomic mass is 16.5. The molecule has 2 nitrogen and oxygen atoms in total. The van der Waals surface area contributed by atoms with Crippen molar-refractivity contribution in [2.75, 3.05) is 7.11 Å². The van der Waals surface area contributed by atoms with Gasteiger partial charge in [0, 0.05) is 5.54 Å².